The van der Waals surface area contributed by atoms with Crippen LogP contribution in [0.5, 0.6) is 0 Å². The van der Waals surface area contributed by atoms with E-state index in [0.29, 0.717) is 26.2 Å². The molecule has 0 saturated carbocycles. The van der Waals surface area contributed by atoms with Gasteiger partial charge in [0.15, 0.2) is 0 Å². The highest BCUT2D eigenvalue weighted by Gasteiger charge is 2.42. The van der Waals surface area contributed by atoms with Crippen LogP contribution in [0.2, 0.25) is 0 Å². The molecule has 6 nitrogen and oxygen atoms in total. The maximum absolute atomic E-state index is 13.7. The molecule has 0 aliphatic carbocycles. The maximum atomic E-state index is 13.7. The first-order valence-electron chi connectivity index (χ1n) is 8.91. The van der Waals surface area contributed by atoms with Gasteiger partial charge < -0.3 is 24.8 Å². The van der Waals surface area contributed by atoms with Crippen molar-refractivity contribution in [3.05, 3.63) is 48.0 Å². The Balaban J connectivity index is 1.53. The molecule has 2 amide bonds. The molecule has 0 atom stereocenters. The number of hydrogen-bond donors (Lipinski definition) is 2. The molecule has 0 bridgehead atoms. The number of methoxy groups -OCH3 is 1. The maximum Gasteiger partial charge on any atom is 0.317 e. The average Bonchev–Trinajstić information content (AvgIpc) is 3.13. The number of carbonyl (C=O) groups is 1. The van der Waals surface area contributed by atoms with E-state index in [1.165, 1.54) is 6.07 Å². The van der Waals surface area contributed by atoms with Gasteiger partial charge in [0.2, 0.25) is 0 Å². The Kier molecular flexibility index (Phi) is 4.32. The summed E-state index contributed by atoms with van der Waals surface area (Å²) < 4.78 is 20.8. The zero-order valence-corrected chi connectivity index (χ0v) is 14.8. The van der Waals surface area contributed by atoms with E-state index < -0.39 is 0 Å². The normalized spacial score (nSPS) is 17.4. The summed E-state index contributed by atoms with van der Waals surface area (Å²) in [6, 6.07) is 8.88. The number of anilines is 1. The molecule has 3 heterocycles. The van der Waals surface area contributed by atoms with Crippen LogP contribution in [-0.2, 0) is 10.3 Å². The molecule has 1 spiro atoms. The van der Waals surface area contributed by atoms with E-state index in [1.54, 1.807) is 19.2 Å². The van der Waals surface area contributed by atoms with Crippen LogP contribution in [0.15, 0.2) is 36.5 Å². The highest BCUT2D eigenvalue weighted by Crippen LogP contribution is 2.43. The van der Waals surface area contributed by atoms with Gasteiger partial charge in [-0.2, -0.15) is 0 Å². The molecular weight excluding hydrogens is 335 g/mol. The minimum atomic E-state index is -0.284. The minimum Gasteiger partial charge on any atom is -0.383 e. The van der Waals surface area contributed by atoms with Crippen LogP contribution in [0, 0.1) is 5.82 Å². The number of hydrogen-bond acceptors (Lipinski definition) is 3. The number of nitrogens with one attached hydrogen (secondary N) is 2. The molecule has 0 radical (unpaired) electrons. The number of ether oxygens (including phenoxy) is 1. The fourth-order valence-electron chi connectivity index (χ4n) is 3.97. The van der Waals surface area contributed by atoms with Gasteiger partial charge in [0.05, 0.1) is 23.5 Å². The molecule has 1 aromatic heterocycles. The third-order valence-corrected chi connectivity index (χ3v) is 5.32. The molecule has 2 aromatic rings. The first-order valence-corrected chi connectivity index (χ1v) is 8.91. The van der Waals surface area contributed by atoms with Crippen LogP contribution < -0.4 is 10.6 Å². The molecule has 2 N–H and O–H groups in total. The number of benzene rings is 1. The Morgan fingerprint density at radius 2 is 2.15 bits per heavy atom. The van der Waals surface area contributed by atoms with Gasteiger partial charge in [-0.05, 0) is 43.2 Å². The largest absolute Gasteiger partial charge is 0.383 e. The van der Waals surface area contributed by atoms with Gasteiger partial charge in [-0.25, -0.2) is 9.18 Å². The van der Waals surface area contributed by atoms with Gasteiger partial charge in [0.25, 0.3) is 0 Å². The van der Waals surface area contributed by atoms with Crippen LogP contribution in [0.3, 0.4) is 0 Å². The number of piperidine rings is 1. The van der Waals surface area contributed by atoms with E-state index in [4.69, 9.17) is 4.74 Å². The van der Waals surface area contributed by atoms with E-state index in [-0.39, 0.29) is 17.4 Å². The first kappa shape index (κ1) is 16.9. The van der Waals surface area contributed by atoms with Crippen molar-refractivity contribution < 1.29 is 13.9 Å². The standard InChI is InChI=1S/C19H23FN4O2/c1-26-12-8-21-18(25)23-10-6-19(7-11-23)17-3-2-9-24(17)16-5-4-14(20)13-15(16)22-19/h2-5,9,13,22H,6-8,10-12H2,1H3,(H,21,25). The predicted octanol–water partition coefficient (Wildman–Crippen LogP) is 2.69. The second-order valence-electron chi connectivity index (χ2n) is 6.84. The first-order chi connectivity index (χ1) is 12.6. The molecular formula is C19H23FN4O2. The smallest absolute Gasteiger partial charge is 0.317 e. The van der Waals surface area contributed by atoms with E-state index >= 15 is 0 Å². The van der Waals surface area contributed by atoms with Gasteiger partial charge in [0, 0.05) is 38.6 Å². The summed E-state index contributed by atoms with van der Waals surface area (Å²) in [5.74, 6) is -0.253. The summed E-state index contributed by atoms with van der Waals surface area (Å²) in [6.45, 7) is 2.29. The van der Waals surface area contributed by atoms with E-state index in [1.807, 2.05) is 17.2 Å². The van der Waals surface area contributed by atoms with Crippen LogP contribution in [0.1, 0.15) is 18.5 Å². The number of halogens is 1. The van der Waals surface area contributed by atoms with Crippen molar-refractivity contribution in [2.24, 2.45) is 0 Å². The monoisotopic (exact) mass is 358 g/mol. The number of amides is 2. The van der Waals surface area contributed by atoms with Crippen LogP contribution in [0.4, 0.5) is 14.9 Å². The lowest BCUT2D eigenvalue weighted by atomic mass is 9.82. The summed E-state index contributed by atoms with van der Waals surface area (Å²) >= 11 is 0. The Bertz CT molecular complexity index is 812. The number of urea groups is 1. The molecule has 1 fully saturated rings. The van der Waals surface area contributed by atoms with Gasteiger partial charge in [-0.1, -0.05) is 0 Å². The van der Waals surface area contributed by atoms with Gasteiger partial charge >= 0.3 is 6.03 Å². The summed E-state index contributed by atoms with van der Waals surface area (Å²) in [7, 11) is 1.61. The van der Waals surface area contributed by atoms with E-state index in [0.717, 1.165) is 29.9 Å². The van der Waals surface area contributed by atoms with Crippen LogP contribution in [-0.4, -0.2) is 48.8 Å². The summed E-state index contributed by atoms with van der Waals surface area (Å²) in [5, 5.41) is 6.44. The molecule has 4 rings (SSSR count). The fraction of sp³-hybridized carbons (Fsp3) is 0.421. The molecule has 7 heteroatoms. The van der Waals surface area contributed by atoms with Crippen molar-refractivity contribution >= 4 is 11.7 Å². The van der Waals surface area contributed by atoms with Crippen LogP contribution in [0.25, 0.3) is 5.69 Å². The topological polar surface area (TPSA) is 58.5 Å². The number of carbonyl (C=O) groups excluding carboxylic acids is 1. The summed E-state index contributed by atoms with van der Waals surface area (Å²) in [4.78, 5) is 14.1. The number of aromatic nitrogens is 1. The fourth-order valence-corrected chi connectivity index (χ4v) is 3.97. The molecule has 2 aliphatic rings. The Labute approximate surface area is 151 Å². The van der Waals surface area contributed by atoms with Crippen molar-refractivity contribution in [2.75, 3.05) is 38.7 Å². The van der Waals surface area contributed by atoms with Crippen LogP contribution >= 0.6 is 0 Å². The number of likely N-dealkylation sites (tertiary alicyclic amines) is 1. The second kappa shape index (κ2) is 6.64. The zero-order valence-electron chi connectivity index (χ0n) is 14.8. The lowest BCUT2D eigenvalue weighted by Crippen LogP contribution is -2.53. The lowest BCUT2D eigenvalue weighted by Gasteiger charge is -2.46. The average molecular weight is 358 g/mol. The Morgan fingerprint density at radius 3 is 2.92 bits per heavy atom. The molecule has 138 valence electrons. The van der Waals surface area contributed by atoms with Gasteiger partial charge in [-0.15, -0.1) is 0 Å². The van der Waals surface area contributed by atoms with Gasteiger partial charge in [0.1, 0.15) is 5.82 Å². The summed E-state index contributed by atoms with van der Waals surface area (Å²) in [5.41, 5.74) is 2.63. The molecule has 1 aromatic carbocycles. The molecule has 26 heavy (non-hydrogen) atoms. The Morgan fingerprint density at radius 1 is 1.35 bits per heavy atom. The van der Waals surface area contributed by atoms with E-state index in [9.17, 15) is 9.18 Å². The van der Waals surface area contributed by atoms with E-state index in [2.05, 4.69) is 21.3 Å². The highest BCUT2D eigenvalue weighted by molar-refractivity contribution is 5.74. The van der Waals surface area contributed by atoms with Crippen molar-refractivity contribution in [1.29, 1.82) is 0 Å². The Hall–Kier alpha value is -2.54. The van der Waals surface area contributed by atoms with Crippen molar-refractivity contribution in [3.63, 3.8) is 0 Å². The third-order valence-electron chi connectivity index (χ3n) is 5.32. The van der Waals surface area contributed by atoms with Crippen molar-refractivity contribution in [2.45, 2.75) is 18.4 Å². The van der Waals surface area contributed by atoms with Gasteiger partial charge in [-0.3, -0.25) is 0 Å². The molecule has 2 aliphatic heterocycles. The second-order valence-corrected chi connectivity index (χ2v) is 6.84. The third kappa shape index (κ3) is 2.82. The number of rotatable bonds is 3. The highest BCUT2D eigenvalue weighted by atomic mass is 19.1. The minimum absolute atomic E-state index is 0.0606. The lowest BCUT2D eigenvalue weighted by molar-refractivity contribution is 0.155. The predicted molar refractivity (Wildman–Crippen MR) is 97.1 cm³/mol. The quantitative estimate of drug-likeness (QED) is 0.830. The number of fused-ring (bicyclic) bond motifs is 4. The SMILES string of the molecule is COCCNC(=O)N1CCC2(CC1)Nc1cc(F)ccc1-n1cccc12. The van der Waals surface area contributed by atoms with Crippen molar-refractivity contribution in [1.82, 2.24) is 14.8 Å². The zero-order chi connectivity index (χ0) is 18.1. The molecule has 1 saturated heterocycles. The van der Waals surface area contributed by atoms with Crippen molar-refractivity contribution in [3.8, 4) is 5.69 Å². The summed E-state index contributed by atoms with van der Waals surface area (Å²) in [6.07, 6.45) is 3.55. The number of nitrogens with zero attached hydrogens (tertiary/aromatic N) is 2. The molecule has 0 unspecified atom stereocenters.